The molecule has 1 fully saturated rings. The SMILES string of the molecule is C1CCOC1.CCCCCCCCOC(=O)c1ccc(CCCCCCCC)cc1C(=O)O. The minimum atomic E-state index is -1.07. The van der Waals surface area contributed by atoms with E-state index in [1.807, 2.05) is 6.07 Å². The van der Waals surface area contributed by atoms with Gasteiger partial charge in [-0.3, -0.25) is 0 Å². The van der Waals surface area contributed by atoms with E-state index < -0.39 is 11.9 Å². The first kappa shape index (κ1) is 29.2. The minimum Gasteiger partial charge on any atom is -0.478 e. The van der Waals surface area contributed by atoms with Gasteiger partial charge in [0.1, 0.15) is 0 Å². The molecule has 0 atom stereocenters. The predicted octanol–water partition coefficient (Wildman–Crippen LogP) is 7.60. The van der Waals surface area contributed by atoms with Crippen LogP contribution in [0.4, 0.5) is 0 Å². The fourth-order valence-corrected chi connectivity index (χ4v) is 3.85. The molecule has 33 heavy (non-hydrogen) atoms. The number of carboxylic acid groups (broad SMARTS) is 1. The van der Waals surface area contributed by atoms with Crippen LogP contribution < -0.4 is 0 Å². The molecule has 1 N–H and O–H groups in total. The maximum absolute atomic E-state index is 12.3. The summed E-state index contributed by atoms with van der Waals surface area (Å²) in [7, 11) is 0. The number of hydrogen-bond acceptors (Lipinski definition) is 4. The number of hydrogen-bond donors (Lipinski definition) is 1. The molecule has 0 unspecified atom stereocenters. The second kappa shape index (κ2) is 19.6. The lowest BCUT2D eigenvalue weighted by molar-refractivity contribution is 0.0487. The van der Waals surface area contributed by atoms with Gasteiger partial charge in [-0.15, -0.1) is 0 Å². The Morgan fingerprint density at radius 2 is 1.39 bits per heavy atom. The Balaban J connectivity index is 0.000000953. The van der Waals surface area contributed by atoms with Crippen LogP contribution in [0.1, 0.15) is 130 Å². The van der Waals surface area contributed by atoms with Crippen molar-refractivity contribution >= 4 is 11.9 Å². The van der Waals surface area contributed by atoms with Crippen molar-refractivity contribution in [2.24, 2.45) is 0 Å². The molecule has 0 saturated carbocycles. The van der Waals surface area contributed by atoms with Gasteiger partial charge >= 0.3 is 11.9 Å². The third-order valence-electron chi connectivity index (χ3n) is 5.91. The van der Waals surface area contributed by atoms with Gasteiger partial charge in [-0.2, -0.15) is 0 Å². The van der Waals surface area contributed by atoms with Crippen molar-refractivity contribution in [1.29, 1.82) is 0 Å². The monoisotopic (exact) mass is 462 g/mol. The number of unbranched alkanes of at least 4 members (excludes halogenated alkanes) is 10. The summed E-state index contributed by atoms with van der Waals surface area (Å²) in [6, 6.07) is 5.11. The highest BCUT2D eigenvalue weighted by molar-refractivity contribution is 6.02. The minimum absolute atomic E-state index is 0.0522. The van der Waals surface area contributed by atoms with Gasteiger partial charge in [-0.1, -0.05) is 84.1 Å². The topological polar surface area (TPSA) is 72.8 Å². The molecule has 0 amide bonds. The van der Waals surface area contributed by atoms with Crippen molar-refractivity contribution in [2.75, 3.05) is 19.8 Å². The Morgan fingerprint density at radius 1 is 0.818 bits per heavy atom. The summed E-state index contributed by atoms with van der Waals surface area (Å²) < 4.78 is 10.2. The normalized spacial score (nSPS) is 12.8. The number of aryl methyl sites for hydroxylation is 1. The molecule has 0 radical (unpaired) electrons. The molecule has 2 rings (SSSR count). The van der Waals surface area contributed by atoms with Crippen molar-refractivity contribution in [3.8, 4) is 0 Å². The first-order chi connectivity index (χ1) is 16.1. The third kappa shape index (κ3) is 14.1. The largest absolute Gasteiger partial charge is 0.478 e. The zero-order chi connectivity index (χ0) is 24.2. The second-order valence-electron chi connectivity index (χ2n) is 8.93. The van der Waals surface area contributed by atoms with Crippen LogP contribution in [0.3, 0.4) is 0 Å². The smallest absolute Gasteiger partial charge is 0.339 e. The molecular formula is C28H46O5. The average molecular weight is 463 g/mol. The molecule has 0 bridgehead atoms. The highest BCUT2D eigenvalue weighted by Gasteiger charge is 2.18. The van der Waals surface area contributed by atoms with Gasteiger partial charge in [0.25, 0.3) is 0 Å². The van der Waals surface area contributed by atoms with Crippen LogP contribution in [0.2, 0.25) is 0 Å². The van der Waals surface area contributed by atoms with Crippen LogP contribution in [0, 0.1) is 0 Å². The van der Waals surface area contributed by atoms with Gasteiger partial charge in [0, 0.05) is 13.2 Å². The summed E-state index contributed by atoms with van der Waals surface area (Å²) in [6.07, 6.45) is 17.3. The second-order valence-corrected chi connectivity index (χ2v) is 8.93. The summed E-state index contributed by atoms with van der Waals surface area (Å²) in [5.74, 6) is -1.60. The summed E-state index contributed by atoms with van der Waals surface area (Å²) in [6.45, 7) is 6.73. The lowest BCUT2D eigenvalue weighted by Gasteiger charge is -2.10. The van der Waals surface area contributed by atoms with Crippen LogP contribution in [0.5, 0.6) is 0 Å². The van der Waals surface area contributed by atoms with Crippen molar-refractivity contribution in [3.05, 3.63) is 34.9 Å². The van der Waals surface area contributed by atoms with Gasteiger partial charge in [-0.05, 0) is 49.8 Å². The summed E-state index contributed by atoms with van der Waals surface area (Å²) in [4.78, 5) is 23.9. The quantitative estimate of drug-likeness (QED) is 0.202. The molecule has 1 aromatic carbocycles. The number of esters is 1. The number of rotatable bonds is 16. The molecule has 0 spiro atoms. The Labute approximate surface area is 201 Å². The Kier molecular flexibility index (Phi) is 17.3. The fraction of sp³-hybridized carbons (Fsp3) is 0.714. The highest BCUT2D eigenvalue weighted by Crippen LogP contribution is 2.17. The number of carboxylic acids is 1. The number of carbonyl (C=O) groups is 2. The fourth-order valence-electron chi connectivity index (χ4n) is 3.85. The lowest BCUT2D eigenvalue weighted by atomic mass is 9.99. The summed E-state index contributed by atoms with van der Waals surface area (Å²) in [5.41, 5.74) is 1.18. The average Bonchev–Trinajstić information content (AvgIpc) is 3.41. The Hall–Kier alpha value is -1.88. The zero-order valence-corrected chi connectivity index (χ0v) is 21.0. The predicted molar refractivity (Wildman–Crippen MR) is 134 cm³/mol. The number of ether oxygens (including phenoxy) is 2. The molecule has 188 valence electrons. The van der Waals surface area contributed by atoms with E-state index in [1.54, 1.807) is 12.1 Å². The lowest BCUT2D eigenvalue weighted by Crippen LogP contribution is -2.13. The molecular weight excluding hydrogens is 416 g/mol. The van der Waals surface area contributed by atoms with E-state index in [4.69, 9.17) is 9.47 Å². The van der Waals surface area contributed by atoms with Gasteiger partial charge in [0.15, 0.2) is 0 Å². The van der Waals surface area contributed by atoms with Crippen molar-refractivity contribution in [2.45, 2.75) is 110 Å². The van der Waals surface area contributed by atoms with E-state index in [9.17, 15) is 14.7 Å². The van der Waals surface area contributed by atoms with E-state index in [-0.39, 0.29) is 11.1 Å². The number of aromatic carboxylic acids is 1. The molecule has 5 nitrogen and oxygen atoms in total. The molecule has 0 aromatic heterocycles. The van der Waals surface area contributed by atoms with E-state index in [0.717, 1.165) is 57.3 Å². The van der Waals surface area contributed by atoms with E-state index in [2.05, 4.69) is 13.8 Å². The highest BCUT2D eigenvalue weighted by atomic mass is 16.5. The van der Waals surface area contributed by atoms with Gasteiger partial charge < -0.3 is 14.6 Å². The van der Waals surface area contributed by atoms with Crippen LogP contribution in [0.15, 0.2) is 18.2 Å². The Bertz CT molecular complexity index is 644. The van der Waals surface area contributed by atoms with E-state index >= 15 is 0 Å². The molecule has 1 aromatic rings. The number of carbonyl (C=O) groups excluding carboxylic acids is 1. The van der Waals surface area contributed by atoms with Crippen molar-refractivity contribution in [3.63, 3.8) is 0 Å². The van der Waals surface area contributed by atoms with Crippen LogP contribution in [0.25, 0.3) is 0 Å². The maximum Gasteiger partial charge on any atom is 0.339 e. The van der Waals surface area contributed by atoms with Gasteiger partial charge in [-0.25, -0.2) is 9.59 Å². The first-order valence-electron chi connectivity index (χ1n) is 13.2. The summed E-state index contributed by atoms with van der Waals surface area (Å²) >= 11 is 0. The number of benzene rings is 1. The van der Waals surface area contributed by atoms with Crippen molar-refractivity contribution < 1.29 is 24.2 Å². The molecule has 1 aliphatic rings. The summed E-state index contributed by atoms with van der Waals surface area (Å²) in [5, 5.41) is 9.49. The first-order valence-corrected chi connectivity index (χ1v) is 13.2. The van der Waals surface area contributed by atoms with Gasteiger partial charge in [0.2, 0.25) is 0 Å². The zero-order valence-electron chi connectivity index (χ0n) is 21.0. The molecule has 5 heteroatoms. The standard InChI is InChI=1S/C24H38O4.C4H8O/c1-3-5-7-9-11-13-15-20-16-17-21(22(19-20)23(25)26)24(27)28-18-14-12-10-8-6-4-2;1-2-4-5-3-1/h16-17,19H,3-15,18H2,1-2H3,(H,25,26);1-4H2. The molecule has 1 aliphatic heterocycles. The van der Waals surface area contributed by atoms with Gasteiger partial charge in [0.05, 0.1) is 17.7 Å². The van der Waals surface area contributed by atoms with E-state index in [0.29, 0.717) is 6.61 Å². The van der Waals surface area contributed by atoms with Crippen LogP contribution in [-0.2, 0) is 15.9 Å². The molecule has 1 heterocycles. The molecule has 0 aliphatic carbocycles. The van der Waals surface area contributed by atoms with Crippen LogP contribution >= 0.6 is 0 Å². The van der Waals surface area contributed by atoms with Crippen LogP contribution in [-0.4, -0.2) is 36.9 Å². The third-order valence-corrected chi connectivity index (χ3v) is 5.91. The maximum atomic E-state index is 12.3. The van der Waals surface area contributed by atoms with E-state index in [1.165, 1.54) is 57.8 Å². The Morgan fingerprint density at radius 3 is 1.94 bits per heavy atom. The molecule has 1 saturated heterocycles. The van der Waals surface area contributed by atoms with Crippen molar-refractivity contribution in [1.82, 2.24) is 0 Å².